The number of nitrogens with zero attached hydrogens (tertiary/aromatic N) is 5. The van der Waals surface area contributed by atoms with Gasteiger partial charge in [0.05, 0.1) is 0 Å². The van der Waals surface area contributed by atoms with Crippen LogP contribution in [0.1, 0.15) is 5.82 Å². The lowest BCUT2D eigenvalue weighted by atomic mass is 10.6. The molecule has 0 fully saturated rings. The quantitative estimate of drug-likeness (QED) is 0.780. The topological polar surface area (TPSA) is 111 Å². The second-order valence-electron chi connectivity index (χ2n) is 3.98. The average molecular weight is 326 g/mol. The molecule has 2 rings (SSSR count). The number of halogens is 3. The molecule has 0 aliphatic carbocycles. The van der Waals surface area contributed by atoms with Crippen molar-refractivity contribution in [2.24, 2.45) is 0 Å². The summed E-state index contributed by atoms with van der Waals surface area (Å²) in [6.07, 6.45) is -4.67. The molecule has 0 bridgehead atoms. The summed E-state index contributed by atoms with van der Waals surface area (Å²) >= 11 is 0. The van der Waals surface area contributed by atoms with Gasteiger partial charge in [0, 0.05) is 0 Å². The summed E-state index contributed by atoms with van der Waals surface area (Å²) in [5, 5.41) is 5.87. The van der Waals surface area contributed by atoms with Gasteiger partial charge < -0.3 is 0 Å². The molecule has 0 atom stereocenters. The molecule has 1 N–H and O–H groups in total. The number of alkyl halides is 3. The maximum atomic E-state index is 12.3. The molecule has 0 unspecified atom stereocenters. The molecule has 0 spiro atoms. The van der Waals surface area contributed by atoms with Gasteiger partial charge in [-0.25, -0.2) is 27.3 Å². The van der Waals surface area contributed by atoms with Gasteiger partial charge in [-0.1, -0.05) is 5.21 Å². The van der Waals surface area contributed by atoms with Crippen LogP contribution < -0.4 is 10.4 Å². The van der Waals surface area contributed by atoms with Crippen LogP contribution in [0.15, 0.2) is 9.82 Å². The Morgan fingerprint density at radius 2 is 1.95 bits per heavy atom. The van der Waals surface area contributed by atoms with Crippen LogP contribution in [-0.4, -0.2) is 46.0 Å². The first kappa shape index (κ1) is 15.4. The van der Waals surface area contributed by atoms with E-state index in [2.05, 4.69) is 15.3 Å². The highest BCUT2D eigenvalue weighted by atomic mass is 32.2. The fourth-order valence-corrected chi connectivity index (χ4v) is 2.43. The summed E-state index contributed by atoms with van der Waals surface area (Å²) in [7, 11) is -2.90. The highest BCUT2D eigenvalue weighted by molar-refractivity contribution is 7.89. The predicted molar refractivity (Wildman–Crippen MR) is 62.1 cm³/mol. The highest BCUT2D eigenvalue weighted by Gasteiger charge is 2.31. The van der Waals surface area contributed by atoms with E-state index in [0.29, 0.717) is 4.40 Å². The van der Waals surface area contributed by atoms with Crippen molar-refractivity contribution in [2.45, 2.75) is 24.7 Å². The molecular weight excluding hydrogens is 317 g/mol. The van der Waals surface area contributed by atoms with Crippen molar-refractivity contribution in [1.29, 1.82) is 0 Å². The summed E-state index contributed by atoms with van der Waals surface area (Å²) in [5.74, 6) is -0.116. The zero-order valence-corrected chi connectivity index (χ0v) is 11.5. The van der Waals surface area contributed by atoms with Crippen LogP contribution in [0.25, 0.3) is 5.65 Å². The van der Waals surface area contributed by atoms with E-state index in [4.69, 9.17) is 0 Å². The second-order valence-corrected chi connectivity index (χ2v) is 5.78. The van der Waals surface area contributed by atoms with E-state index in [1.807, 2.05) is 4.72 Å². The molecule has 9 nitrogen and oxygen atoms in total. The fraction of sp³-hybridized carbons (Fsp3) is 0.500. The van der Waals surface area contributed by atoms with Crippen molar-refractivity contribution < 1.29 is 21.6 Å². The fourth-order valence-electron chi connectivity index (χ4n) is 1.61. The molecule has 0 saturated carbocycles. The summed E-state index contributed by atoms with van der Waals surface area (Å²) in [5.41, 5.74) is -1.62. The van der Waals surface area contributed by atoms with Gasteiger partial charge in [-0.05, 0) is 14.0 Å². The number of nitrogens with one attached hydrogen (secondary N) is 1. The lowest BCUT2D eigenvalue weighted by Crippen LogP contribution is -2.35. The molecule has 0 aromatic carbocycles. The Kier molecular flexibility index (Phi) is 3.49. The van der Waals surface area contributed by atoms with E-state index >= 15 is 0 Å². The maximum Gasteiger partial charge on any atom is 0.408 e. The molecular formula is C8H9F3N6O3S. The average Bonchev–Trinajstić information content (AvgIpc) is 2.70. The number of hydrogen-bond donors (Lipinski definition) is 1. The number of aryl methyl sites for hydroxylation is 1. The number of fused-ring (bicyclic) bond motifs is 1. The lowest BCUT2D eigenvalue weighted by Gasteiger charge is -2.07. The van der Waals surface area contributed by atoms with Gasteiger partial charge in [0.2, 0.25) is 10.7 Å². The third-order valence-corrected chi connectivity index (χ3v) is 3.82. The second kappa shape index (κ2) is 4.77. The van der Waals surface area contributed by atoms with Crippen molar-refractivity contribution in [3.05, 3.63) is 16.3 Å². The predicted octanol–water partition coefficient (Wildman–Crippen LogP) is -0.935. The molecule has 0 saturated heterocycles. The maximum absolute atomic E-state index is 12.3. The number of imidazole rings is 1. The van der Waals surface area contributed by atoms with Crippen LogP contribution in [0.4, 0.5) is 13.2 Å². The smallest absolute Gasteiger partial charge is 0.245 e. The van der Waals surface area contributed by atoms with Gasteiger partial charge in [-0.3, -0.25) is 0 Å². The van der Waals surface area contributed by atoms with Crippen molar-refractivity contribution in [3.8, 4) is 0 Å². The molecule has 2 aromatic heterocycles. The number of aromatic nitrogens is 5. The first-order chi connectivity index (χ1) is 9.57. The summed E-state index contributed by atoms with van der Waals surface area (Å²) in [6.45, 7) is -0.372. The molecule has 2 heterocycles. The molecule has 21 heavy (non-hydrogen) atoms. The van der Waals surface area contributed by atoms with Gasteiger partial charge in [0.25, 0.3) is 10.0 Å². The monoisotopic (exact) mass is 326 g/mol. The van der Waals surface area contributed by atoms with Crippen LogP contribution in [0, 0.1) is 6.92 Å². The molecule has 0 radical (unpaired) electrons. The van der Waals surface area contributed by atoms with E-state index in [1.54, 1.807) is 0 Å². The number of hydrogen-bond acceptors (Lipinski definition) is 6. The van der Waals surface area contributed by atoms with Gasteiger partial charge in [-0.2, -0.15) is 17.9 Å². The van der Waals surface area contributed by atoms with Crippen molar-refractivity contribution in [1.82, 2.24) is 29.1 Å². The number of sulfonamides is 1. The van der Waals surface area contributed by atoms with Crippen molar-refractivity contribution in [2.75, 3.05) is 7.05 Å². The molecule has 0 aliphatic rings. The minimum Gasteiger partial charge on any atom is -0.245 e. The minimum absolute atomic E-state index is 0.0808. The van der Waals surface area contributed by atoms with Crippen LogP contribution in [0.2, 0.25) is 0 Å². The third-order valence-electron chi connectivity index (χ3n) is 2.50. The first-order valence-electron chi connectivity index (χ1n) is 5.40. The van der Waals surface area contributed by atoms with E-state index in [0.717, 1.165) is 7.05 Å². The zero-order valence-electron chi connectivity index (χ0n) is 10.7. The van der Waals surface area contributed by atoms with Gasteiger partial charge in [-0.15, -0.1) is 5.10 Å². The Morgan fingerprint density at radius 1 is 1.33 bits per heavy atom. The molecule has 2 aromatic rings. The Bertz CT molecular complexity index is 852. The SMILES string of the molecule is CNS(=O)(=O)c1nc(C)n2c(=O)n(CC(F)(F)F)nnc12. The van der Waals surface area contributed by atoms with Gasteiger partial charge in [0.15, 0.2) is 0 Å². The van der Waals surface area contributed by atoms with Crippen molar-refractivity contribution in [3.63, 3.8) is 0 Å². The Morgan fingerprint density at radius 3 is 2.48 bits per heavy atom. The zero-order chi connectivity index (χ0) is 16.0. The van der Waals surface area contributed by atoms with Crippen LogP contribution in [0.3, 0.4) is 0 Å². The number of rotatable bonds is 3. The Balaban J connectivity index is 2.75. The minimum atomic E-state index is -4.67. The Labute approximate surface area is 115 Å². The lowest BCUT2D eigenvalue weighted by molar-refractivity contribution is -0.144. The normalized spacial score (nSPS) is 13.0. The van der Waals surface area contributed by atoms with Gasteiger partial charge in [0.1, 0.15) is 12.4 Å². The largest absolute Gasteiger partial charge is 0.408 e. The molecule has 13 heteroatoms. The third kappa shape index (κ3) is 2.73. The molecule has 0 aliphatic heterocycles. The standard InChI is InChI=1S/C8H9F3N6O3S/c1-4-13-6(21(19,20)12-2)5-14-15-16(3-8(9,10)11)7(18)17(4)5/h12H,3H2,1-2H3. The first-order valence-corrected chi connectivity index (χ1v) is 6.88. The van der Waals surface area contributed by atoms with Crippen LogP contribution in [-0.2, 0) is 16.6 Å². The van der Waals surface area contributed by atoms with E-state index in [9.17, 15) is 26.4 Å². The summed E-state index contributed by atoms with van der Waals surface area (Å²) in [6, 6.07) is 0. The van der Waals surface area contributed by atoms with Crippen LogP contribution >= 0.6 is 0 Å². The summed E-state index contributed by atoms with van der Waals surface area (Å²) in [4.78, 5) is 15.6. The van der Waals surface area contributed by atoms with E-state index in [1.165, 1.54) is 6.92 Å². The van der Waals surface area contributed by atoms with E-state index < -0.39 is 39.1 Å². The van der Waals surface area contributed by atoms with Crippen molar-refractivity contribution >= 4 is 15.7 Å². The highest BCUT2D eigenvalue weighted by Crippen LogP contribution is 2.16. The Hall–Kier alpha value is -2.02. The summed E-state index contributed by atoms with van der Waals surface area (Å²) < 4.78 is 63.1. The molecule has 0 amide bonds. The van der Waals surface area contributed by atoms with Crippen LogP contribution in [0.5, 0.6) is 0 Å². The van der Waals surface area contributed by atoms with Gasteiger partial charge >= 0.3 is 11.9 Å². The van der Waals surface area contributed by atoms with E-state index in [-0.39, 0.29) is 10.5 Å². The molecule has 116 valence electrons.